The number of thiophene rings is 5. The summed E-state index contributed by atoms with van der Waals surface area (Å²) in [5, 5.41) is 47.4. The van der Waals surface area contributed by atoms with Crippen molar-refractivity contribution in [3.05, 3.63) is 356 Å². The van der Waals surface area contributed by atoms with Gasteiger partial charge in [-0.1, -0.05) is 210 Å². The second-order valence-corrected chi connectivity index (χ2v) is 37.9. The topological polar surface area (TPSA) is 317 Å². The Labute approximate surface area is 777 Å². The average Bonchev–Trinajstić information content (AvgIpc) is 1.66. The van der Waals surface area contributed by atoms with Crippen LogP contribution < -0.4 is 17.2 Å². The Bertz CT molecular complexity index is 6880. The summed E-state index contributed by atoms with van der Waals surface area (Å²) < 4.78 is 14.9. The van der Waals surface area contributed by atoms with Crippen molar-refractivity contribution in [1.82, 2.24) is 60.8 Å². The highest BCUT2D eigenvalue weighted by atomic mass is 32.1. The number of nitrogens with two attached hydrogens (primary N) is 3. The lowest BCUT2D eigenvalue weighted by Crippen LogP contribution is -2.23. The van der Waals surface area contributed by atoms with Crippen molar-refractivity contribution in [2.24, 2.45) is 17.2 Å². The molecule has 10 aromatic heterocycles. The third-order valence-electron chi connectivity index (χ3n) is 22.2. The lowest BCUT2D eigenvalue weighted by atomic mass is 10.0. The third kappa shape index (κ3) is 21.2. The smallest absolute Gasteiger partial charge is 0.275 e. The van der Waals surface area contributed by atoms with Crippen molar-refractivity contribution in [3.63, 3.8) is 0 Å². The Morgan fingerprint density at radius 1 is 0.328 bits per heavy atom. The van der Waals surface area contributed by atoms with Crippen molar-refractivity contribution in [3.8, 4) is 52.2 Å². The summed E-state index contributed by atoms with van der Waals surface area (Å²) in [6, 6.07) is 52.4. The van der Waals surface area contributed by atoms with E-state index in [1.165, 1.54) is 54.3 Å². The van der Waals surface area contributed by atoms with Crippen molar-refractivity contribution >= 4 is 137 Å². The molecule has 15 aromatic rings. The van der Waals surface area contributed by atoms with E-state index in [-0.39, 0.29) is 28.9 Å². The maximum atomic E-state index is 12.6. The number of benzene rings is 5. The fourth-order valence-electron chi connectivity index (χ4n) is 15.1. The predicted octanol–water partition coefficient (Wildman–Crippen LogP) is 21.7. The Hall–Kier alpha value is -14.4. The molecule has 3 aliphatic carbocycles. The molecule has 0 radical (unpaired) electrons. The van der Waals surface area contributed by atoms with Crippen molar-refractivity contribution < 1.29 is 33.4 Å². The summed E-state index contributed by atoms with van der Waals surface area (Å²) in [5.41, 5.74) is 40.0. The maximum absolute atomic E-state index is 12.6. The molecule has 0 saturated heterocycles. The van der Waals surface area contributed by atoms with Gasteiger partial charge in [0.15, 0.2) is 28.5 Å². The van der Waals surface area contributed by atoms with Crippen molar-refractivity contribution in [2.75, 3.05) is 34.8 Å². The number of fused-ring (bicyclic) bond motifs is 5. The van der Waals surface area contributed by atoms with Gasteiger partial charge in [0.1, 0.15) is 6.61 Å². The normalized spacial score (nSPS) is 13.4. The number of allylic oxidation sites excluding steroid dienone is 16. The molecule has 0 bridgehead atoms. The minimum Gasteiger partial charge on any atom is -0.497 e. The van der Waals surface area contributed by atoms with Crippen LogP contribution in [0.25, 0.3) is 103 Å². The first kappa shape index (κ1) is 90.0. The van der Waals surface area contributed by atoms with Crippen LogP contribution in [0.2, 0.25) is 0 Å². The highest BCUT2D eigenvalue weighted by Gasteiger charge is 2.27. The average molecular weight is 1830 g/mol. The zero-order valence-electron chi connectivity index (χ0n) is 73.7. The summed E-state index contributed by atoms with van der Waals surface area (Å²) in [4.78, 5) is 69.1. The van der Waals surface area contributed by atoms with Crippen LogP contribution in [0.1, 0.15) is 134 Å². The first-order valence-electron chi connectivity index (χ1n) is 42.6. The van der Waals surface area contributed by atoms with Crippen LogP contribution in [-0.2, 0) is 41.6 Å². The van der Waals surface area contributed by atoms with Gasteiger partial charge in [0.25, 0.3) is 29.5 Å². The van der Waals surface area contributed by atoms with Gasteiger partial charge in [-0.3, -0.25) is 24.0 Å². The maximum Gasteiger partial charge on any atom is 0.275 e. The van der Waals surface area contributed by atoms with Crippen LogP contribution in [-0.4, -0.2) is 125 Å². The van der Waals surface area contributed by atoms with Crippen molar-refractivity contribution in [2.45, 2.75) is 92.4 Å². The second kappa shape index (κ2) is 40.5. The summed E-state index contributed by atoms with van der Waals surface area (Å²) in [6.45, 7) is 10.9. The molecule has 22 nitrogen and oxygen atoms in total. The van der Waals surface area contributed by atoms with Crippen LogP contribution in [0.5, 0.6) is 0 Å². The van der Waals surface area contributed by atoms with Gasteiger partial charge in [0.05, 0.1) is 70.8 Å². The molecule has 0 unspecified atom stereocenters. The van der Waals surface area contributed by atoms with Gasteiger partial charge in [-0.2, -0.15) is 25.5 Å². The van der Waals surface area contributed by atoms with Crippen LogP contribution in [0, 0.1) is 34.6 Å². The van der Waals surface area contributed by atoms with Gasteiger partial charge in [-0.25, -0.2) is 0 Å². The monoisotopic (exact) mass is 1820 g/mol. The van der Waals surface area contributed by atoms with Gasteiger partial charge in [0, 0.05) is 112 Å². The van der Waals surface area contributed by atoms with E-state index in [1.54, 1.807) is 104 Å². The van der Waals surface area contributed by atoms with Crippen LogP contribution >= 0.6 is 56.7 Å². The zero-order chi connectivity index (χ0) is 91.5. The predicted molar refractivity (Wildman–Crippen MR) is 530 cm³/mol. The van der Waals surface area contributed by atoms with Crippen molar-refractivity contribution in [1.29, 1.82) is 0 Å². The molecule has 12 heterocycles. The zero-order valence-corrected chi connectivity index (χ0v) is 77.7. The Balaban J connectivity index is 0.000000120. The molecule has 5 amide bonds. The fourth-order valence-corrected chi connectivity index (χ4v) is 21.0. The van der Waals surface area contributed by atoms with Gasteiger partial charge >= 0.3 is 0 Å². The number of carbonyl (C=O) groups excluding carboxylic acids is 5. The summed E-state index contributed by atoms with van der Waals surface area (Å²) in [6.07, 6.45) is 37.6. The molecule has 5 aromatic carbocycles. The number of rotatable bonds is 20. The molecule has 0 fully saturated rings. The Morgan fingerprint density at radius 3 is 0.840 bits per heavy atom. The minimum atomic E-state index is -0.540. The Morgan fingerprint density at radius 2 is 0.595 bits per heavy atom. The standard InChI is InChI=1S/2C22H21N3O2S.3C20H17N3OS/c2*1-14-6-8-16(9-7-14)19-12-17-18(11-15-5-4-10-27-13-15)23-24-20(21(17)28-19)22(26)25(2)3;3*1-12-6-8-14(9-7-12)17-11-15-16(10-13-4-2-3-5-13)22-23-18(20(21)24)19(15)25-17/h4,6-10,12-13H,5,11H2,1-3H3;4-9,12-13H,10-11H2,1-3H3;3*2,4-9,11H,3,10H2,1H3,(H2,21,24). The molecule has 5 aliphatic rings. The number of nitrogens with zero attached hydrogens (tertiary/aromatic N) is 12. The second-order valence-electron chi connectivity index (χ2n) is 32.6. The highest BCUT2D eigenvalue weighted by Crippen LogP contribution is 2.44. The van der Waals surface area contributed by atoms with E-state index in [0.717, 1.165) is 168 Å². The van der Waals surface area contributed by atoms with E-state index in [0.29, 0.717) is 50.1 Å². The number of primary amides is 3. The van der Waals surface area contributed by atoms with Gasteiger partial charge in [-0.15, -0.1) is 82.2 Å². The SMILES string of the molecule is Cc1ccc(-c2cc3c(CC4=CCC=C4)nnc(C(N)=O)c3s2)cc1.Cc1ccc(-c2cc3c(CC4=CCC=C4)nnc(C(N)=O)c3s2)cc1.Cc1ccc(-c2cc3c(CC4=CCC=C4)nnc(C(N)=O)c3s2)cc1.Cc1ccc(-c2cc3c(CC4=COC=CC4)nnc(C(=O)N(C)C)c3s2)cc1.Cc1ccc(-c2cc3c(CC4=COCC=C4)nnc(C(=O)N(C)C)c3s2)cc1. The quantitative estimate of drug-likeness (QED) is 0.0638. The minimum absolute atomic E-state index is 0.135. The number of ether oxygens (including phenoxy) is 2. The number of hydrogen-bond donors (Lipinski definition) is 3. The summed E-state index contributed by atoms with van der Waals surface area (Å²) in [7, 11) is 6.92. The van der Waals surface area contributed by atoms with Gasteiger partial charge < -0.3 is 36.5 Å². The Kier molecular flexibility index (Phi) is 27.9. The molecule has 656 valence electrons. The molecule has 20 rings (SSSR count). The van der Waals surface area contributed by atoms with E-state index in [2.05, 4.69) is 292 Å². The molecule has 131 heavy (non-hydrogen) atoms. The number of hydrogen-bond acceptors (Lipinski definition) is 22. The number of aryl methyl sites for hydroxylation is 5. The number of carbonyl (C=O) groups is 5. The van der Waals surface area contributed by atoms with Crippen LogP contribution in [0.15, 0.2) is 271 Å². The van der Waals surface area contributed by atoms with E-state index in [4.69, 9.17) is 26.7 Å². The molecule has 6 N–H and O–H groups in total. The molecule has 2 aliphatic heterocycles. The number of amides is 5. The first-order valence-corrected chi connectivity index (χ1v) is 46.6. The molecule has 0 spiro atoms. The molecule has 0 saturated carbocycles. The van der Waals surface area contributed by atoms with E-state index in [9.17, 15) is 24.0 Å². The molecule has 27 heteroatoms. The van der Waals surface area contributed by atoms with Gasteiger partial charge in [0.2, 0.25) is 0 Å². The van der Waals surface area contributed by atoms with Crippen LogP contribution in [0.3, 0.4) is 0 Å². The van der Waals surface area contributed by atoms with E-state index < -0.39 is 17.7 Å². The summed E-state index contributed by atoms with van der Waals surface area (Å²) >= 11 is 7.80. The largest absolute Gasteiger partial charge is 0.497 e. The van der Waals surface area contributed by atoms with Gasteiger partial charge in [-0.05, 0) is 158 Å². The lowest BCUT2D eigenvalue weighted by molar-refractivity contribution is 0.0816. The number of aromatic nitrogens is 10. The highest BCUT2D eigenvalue weighted by molar-refractivity contribution is 7.24. The fraction of sp³-hybridized carbons (Fsp3) is 0.183. The molecular weight excluding hydrogens is 1730 g/mol. The lowest BCUT2D eigenvalue weighted by Gasteiger charge is -2.12. The molecule has 0 atom stereocenters. The molecular formula is C104H93N15O7S5. The first-order chi connectivity index (χ1) is 63.4. The summed E-state index contributed by atoms with van der Waals surface area (Å²) in [5.74, 6) is -1.89. The van der Waals surface area contributed by atoms with Crippen LogP contribution in [0.4, 0.5) is 0 Å². The third-order valence-corrected chi connectivity index (χ3v) is 28.2. The van der Waals surface area contributed by atoms with E-state index in [1.807, 2.05) is 18.2 Å². The van der Waals surface area contributed by atoms with E-state index >= 15 is 0 Å².